The topological polar surface area (TPSA) is 101 Å². The molecule has 0 spiro atoms. The van der Waals surface area contributed by atoms with Gasteiger partial charge in [-0.15, -0.1) is 0 Å². The number of rotatable bonds is 8. The van der Waals surface area contributed by atoms with Crippen LogP contribution in [0.25, 0.3) is 10.8 Å². The summed E-state index contributed by atoms with van der Waals surface area (Å²) in [5.74, 6) is -0.786. The summed E-state index contributed by atoms with van der Waals surface area (Å²) >= 11 is 7.32. The maximum atomic E-state index is 12.9. The van der Waals surface area contributed by atoms with E-state index in [0.717, 1.165) is 21.3 Å². The van der Waals surface area contributed by atoms with Crippen molar-refractivity contribution < 1.29 is 22.7 Å². The Morgan fingerprint density at radius 2 is 1.76 bits per heavy atom. The molecular weight excluding hydrogens is 548 g/mol. The zero-order chi connectivity index (χ0) is 27.4. The van der Waals surface area contributed by atoms with E-state index in [9.17, 15) is 18.0 Å². The van der Waals surface area contributed by atoms with Crippen molar-refractivity contribution >= 4 is 55.4 Å². The van der Waals surface area contributed by atoms with Crippen molar-refractivity contribution in [1.82, 2.24) is 14.4 Å². The van der Waals surface area contributed by atoms with Crippen LogP contribution >= 0.6 is 22.9 Å². The molecule has 2 heterocycles. The smallest absolute Gasteiger partial charge is 0.350 e. The zero-order valence-electron chi connectivity index (χ0n) is 21.6. The van der Waals surface area contributed by atoms with E-state index in [1.807, 2.05) is 11.6 Å². The molecule has 204 valence electrons. The van der Waals surface area contributed by atoms with Crippen LogP contribution in [0.4, 0.5) is 0 Å². The lowest BCUT2D eigenvalue weighted by Gasteiger charge is -2.35. The molecule has 1 aliphatic rings. The number of amides is 1. The molecule has 1 aromatic heterocycles. The molecule has 0 aliphatic carbocycles. The van der Waals surface area contributed by atoms with Gasteiger partial charge in [-0.05, 0) is 42.0 Å². The van der Waals surface area contributed by atoms with E-state index in [1.165, 1.54) is 11.3 Å². The van der Waals surface area contributed by atoms with Crippen LogP contribution in [0.5, 0.6) is 0 Å². The lowest BCUT2D eigenvalue weighted by molar-refractivity contribution is -0.132. The Kier molecular flexibility index (Phi) is 8.92. The third kappa shape index (κ3) is 6.28. The van der Waals surface area contributed by atoms with Crippen LogP contribution in [-0.2, 0) is 33.0 Å². The van der Waals surface area contributed by atoms with Crippen molar-refractivity contribution in [2.24, 2.45) is 12.0 Å². The number of aromatic nitrogens is 1. The lowest BCUT2D eigenvalue weighted by atomic mass is 10.1. The molecule has 0 radical (unpaired) electrons. The molecule has 3 aromatic rings. The van der Waals surface area contributed by atoms with Gasteiger partial charge >= 0.3 is 5.97 Å². The molecule has 1 saturated heterocycles. The largest absolute Gasteiger partial charge is 0.462 e. The lowest BCUT2D eigenvalue weighted by Crippen LogP contribution is -2.48. The number of benzene rings is 2. The van der Waals surface area contributed by atoms with Gasteiger partial charge in [0.05, 0.1) is 22.9 Å². The van der Waals surface area contributed by atoms with Crippen molar-refractivity contribution in [1.29, 1.82) is 0 Å². The Labute approximate surface area is 231 Å². The fraction of sp³-hybridized carbons (Fsp3) is 0.423. The first-order valence-corrected chi connectivity index (χ1v) is 15.2. The van der Waals surface area contributed by atoms with Gasteiger partial charge in [0, 0.05) is 58.3 Å². The Bertz CT molecular complexity index is 1520. The number of esters is 1. The van der Waals surface area contributed by atoms with Crippen LogP contribution in [0.3, 0.4) is 0 Å². The molecule has 12 heteroatoms. The average Bonchev–Trinajstić information content (AvgIpc) is 3.22. The molecule has 9 nitrogen and oxygen atoms in total. The molecule has 1 amide bonds. The summed E-state index contributed by atoms with van der Waals surface area (Å²) in [4.78, 5) is 34.9. The molecule has 38 heavy (non-hydrogen) atoms. The van der Waals surface area contributed by atoms with Crippen LogP contribution in [0.1, 0.15) is 28.7 Å². The number of hydrogen-bond donors (Lipinski definition) is 0. The molecule has 0 bridgehead atoms. The summed E-state index contributed by atoms with van der Waals surface area (Å²) in [5.41, 5.74) is 0.831. The van der Waals surface area contributed by atoms with Crippen molar-refractivity contribution in [3.05, 3.63) is 56.8 Å². The first kappa shape index (κ1) is 28.3. The van der Waals surface area contributed by atoms with Crippen LogP contribution in [-0.4, -0.2) is 80.2 Å². The van der Waals surface area contributed by atoms with Gasteiger partial charge in [-0.3, -0.25) is 14.7 Å². The molecular formula is C26H31ClN4O5S2. The Hall–Kier alpha value is -2.73. The number of fused-ring (bicyclic) bond motifs is 1. The molecule has 0 saturated carbocycles. The van der Waals surface area contributed by atoms with E-state index in [4.69, 9.17) is 16.3 Å². The number of sulfone groups is 1. The first-order chi connectivity index (χ1) is 18.1. The van der Waals surface area contributed by atoms with Gasteiger partial charge in [-0.2, -0.15) is 0 Å². The maximum absolute atomic E-state index is 12.9. The second-order valence-electron chi connectivity index (χ2n) is 9.04. The fourth-order valence-corrected chi connectivity index (χ4v) is 6.89. The third-order valence-electron chi connectivity index (χ3n) is 6.62. The predicted octanol–water partition coefficient (Wildman–Crippen LogP) is 3.11. The van der Waals surface area contributed by atoms with Crippen LogP contribution in [0.2, 0.25) is 5.02 Å². The van der Waals surface area contributed by atoms with Crippen molar-refractivity contribution in [3.63, 3.8) is 0 Å². The van der Waals surface area contributed by atoms with E-state index in [0.29, 0.717) is 49.2 Å². The van der Waals surface area contributed by atoms with Crippen LogP contribution in [0.15, 0.2) is 46.3 Å². The van der Waals surface area contributed by atoms with E-state index in [2.05, 4.69) is 9.89 Å². The predicted molar refractivity (Wildman–Crippen MR) is 148 cm³/mol. The van der Waals surface area contributed by atoms with Crippen molar-refractivity contribution in [2.45, 2.75) is 24.8 Å². The van der Waals surface area contributed by atoms with Gasteiger partial charge in [0.15, 0.2) is 14.6 Å². The second kappa shape index (κ2) is 12.0. The number of thiazole rings is 1. The molecule has 2 aromatic carbocycles. The van der Waals surface area contributed by atoms with Crippen LogP contribution < -0.4 is 4.80 Å². The van der Waals surface area contributed by atoms with Crippen molar-refractivity contribution in [2.75, 3.05) is 45.6 Å². The molecule has 1 fully saturated rings. The Morgan fingerprint density at radius 1 is 1.08 bits per heavy atom. The van der Waals surface area contributed by atoms with E-state index < -0.39 is 9.84 Å². The highest BCUT2D eigenvalue weighted by molar-refractivity contribution is 7.91. The summed E-state index contributed by atoms with van der Waals surface area (Å²) in [6.07, 6.45) is -0.0746. The number of ether oxygens (including phenoxy) is 1. The van der Waals surface area contributed by atoms with E-state index in [1.54, 1.807) is 55.3 Å². The normalized spacial score (nSPS) is 15.3. The Morgan fingerprint density at radius 3 is 2.45 bits per heavy atom. The zero-order valence-corrected chi connectivity index (χ0v) is 24.0. The number of halogens is 1. The summed E-state index contributed by atoms with van der Waals surface area (Å²) in [6.45, 7) is 4.80. The second-order valence-corrected chi connectivity index (χ2v) is 12.6. The monoisotopic (exact) mass is 578 g/mol. The Balaban J connectivity index is 1.35. The highest BCUT2D eigenvalue weighted by atomic mass is 35.5. The summed E-state index contributed by atoms with van der Waals surface area (Å²) in [6, 6.07) is 10.2. The van der Waals surface area contributed by atoms with Crippen molar-refractivity contribution in [3.8, 4) is 0 Å². The molecule has 0 atom stereocenters. The molecule has 4 rings (SSSR count). The van der Waals surface area contributed by atoms with Gasteiger partial charge in [0.1, 0.15) is 4.88 Å². The average molecular weight is 579 g/mol. The van der Waals surface area contributed by atoms with E-state index >= 15 is 0 Å². The molecule has 0 N–H and O–H groups in total. The minimum absolute atomic E-state index is 0.0746. The van der Waals surface area contributed by atoms with Gasteiger partial charge in [0.25, 0.3) is 0 Å². The number of hydrogen-bond acceptors (Lipinski definition) is 8. The third-order valence-corrected chi connectivity index (χ3v) is 9.81. The SMILES string of the molecule is CCOC(=O)c1sc(=NC)n(C)c1CN1CCN(C(=O)CCS(=O)(=O)c2ccc3cc(Cl)ccc3c2)CC1. The number of carbonyl (C=O) groups excluding carboxylic acids is 2. The minimum Gasteiger partial charge on any atom is -0.462 e. The van der Waals surface area contributed by atoms with E-state index in [-0.39, 0.29) is 28.9 Å². The van der Waals surface area contributed by atoms with Gasteiger partial charge in [-0.1, -0.05) is 35.1 Å². The van der Waals surface area contributed by atoms with Gasteiger partial charge in [-0.25, -0.2) is 13.2 Å². The quantitative estimate of drug-likeness (QED) is 0.381. The van der Waals surface area contributed by atoms with Crippen LogP contribution in [0, 0.1) is 0 Å². The number of piperazine rings is 1. The number of carbonyl (C=O) groups is 2. The summed E-state index contributed by atoms with van der Waals surface area (Å²) in [7, 11) is -0.0525. The molecule has 0 unspecified atom stereocenters. The highest BCUT2D eigenvalue weighted by Crippen LogP contribution is 2.24. The maximum Gasteiger partial charge on any atom is 0.350 e. The minimum atomic E-state index is -3.61. The number of nitrogens with zero attached hydrogens (tertiary/aromatic N) is 4. The summed E-state index contributed by atoms with van der Waals surface area (Å²) < 4.78 is 33.0. The fourth-order valence-electron chi connectivity index (χ4n) is 4.47. The summed E-state index contributed by atoms with van der Waals surface area (Å²) in [5, 5.41) is 2.22. The van der Waals surface area contributed by atoms with Gasteiger partial charge < -0.3 is 14.2 Å². The first-order valence-electron chi connectivity index (χ1n) is 12.3. The van der Waals surface area contributed by atoms with Gasteiger partial charge in [0.2, 0.25) is 5.91 Å². The standard InChI is InChI=1S/C26H31ClN4O5S2/c1-4-36-25(33)24-22(29(3)26(28-2)37-24)17-30-10-12-31(13-11-30)23(32)9-14-38(34,35)21-8-6-18-15-20(27)7-5-19(18)16-21/h5-8,15-16H,4,9-14,17H2,1-3H3. The highest BCUT2D eigenvalue weighted by Gasteiger charge is 2.26. The molecule has 1 aliphatic heterocycles.